The first kappa shape index (κ1) is 11.3. The van der Waals surface area contributed by atoms with Gasteiger partial charge < -0.3 is 4.74 Å². The van der Waals surface area contributed by atoms with Crippen molar-refractivity contribution in [3.8, 4) is 0 Å². The summed E-state index contributed by atoms with van der Waals surface area (Å²) in [6.45, 7) is 5.80. The van der Waals surface area contributed by atoms with Crippen LogP contribution in [-0.2, 0) is 4.74 Å². The normalized spacial score (nSPS) is 36.4. The highest BCUT2D eigenvalue weighted by Gasteiger charge is 2.49. The number of hydrogen-bond donors (Lipinski definition) is 0. The summed E-state index contributed by atoms with van der Waals surface area (Å²) in [7, 11) is 0. The summed E-state index contributed by atoms with van der Waals surface area (Å²) in [6.07, 6.45) is 4.81. The second kappa shape index (κ2) is 4.38. The maximum atomic E-state index is 12.8. The Morgan fingerprint density at radius 3 is 2.93 bits per heavy atom. The van der Waals surface area contributed by atoms with Gasteiger partial charge in [0, 0.05) is 11.6 Å². The van der Waals surface area contributed by atoms with Crippen LogP contribution < -0.4 is 0 Å². The Bertz CT molecular complexity index is 222. The SMILES string of the molecule is CC(C)OC[C@]12CCCN1[C@@H](CF)CC2. The van der Waals surface area contributed by atoms with E-state index in [1.54, 1.807) is 0 Å². The van der Waals surface area contributed by atoms with Crippen LogP contribution in [0.3, 0.4) is 0 Å². The number of nitrogens with zero attached hydrogens (tertiary/aromatic N) is 1. The Labute approximate surface area is 91.8 Å². The monoisotopic (exact) mass is 215 g/mol. The molecule has 2 saturated heterocycles. The van der Waals surface area contributed by atoms with Gasteiger partial charge in [-0.1, -0.05) is 0 Å². The Kier molecular flexibility index (Phi) is 3.31. The summed E-state index contributed by atoms with van der Waals surface area (Å²) in [4.78, 5) is 2.37. The lowest BCUT2D eigenvalue weighted by Gasteiger charge is -2.34. The van der Waals surface area contributed by atoms with Gasteiger partial charge in [-0.3, -0.25) is 4.90 Å². The average Bonchev–Trinajstić information content (AvgIpc) is 2.72. The lowest BCUT2D eigenvalue weighted by molar-refractivity contribution is -0.00690. The van der Waals surface area contributed by atoms with Crippen LogP contribution in [0.4, 0.5) is 4.39 Å². The second-order valence-electron chi connectivity index (χ2n) is 5.23. The molecule has 0 unspecified atom stereocenters. The molecule has 2 heterocycles. The van der Waals surface area contributed by atoms with E-state index in [0.717, 1.165) is 26.0 Å². The number of alkyl halides is 1. The van der Waals surface area contributed by atoms with Crippen molar-refractivity contribution >= 4 is 0 Å². The average molecular weight is 215 g/mol. The van der Waals surface area contributed by atoms with Gasteiger partial charge in [0.15, 0.2) is 0 Å². The number of fused-ring (bicyclic) bond motifs is 1. The molecule has 0 aromatic heterocycles. The van der Waals surface area contributed by atoms with Gasteiger partial charge in [0.25, 0.3) is 0 Å². The van der Waals surface area contributed by atoms with Gasteiger partial charge in [0.05, 0.1) is 12.7 Å². The van der Waals surface area contributed by atoms with E-state index < -0.39 is 0 Å². The van der Waals surface area contributed by atoms with Crippen molar-refractivity contribution in [1.82, 2.24) is 4.90 Å². The highest BCUT2D eigenvalue weighted by molar-refractivity contribution is 5.04. The predicted molar refractivity (Wildman–Crippen MR) is 58.8 cm³/mol. The molecule has 2 rings (SSSR count). The van der Waals surface area contributed by atoms with E-state index in [1.807, 2.05) is 0 Å². The van der Waals surface area contributed by atoms with Crippen LogP contribution in [-0.4, -0.2) is 42.4 Å². The number of ether oxygens (including phenoxy) is 1. The Balaban J connectivity index is 2.00. The quantitative estimate of drug-likeness (QED) is 0.714. The van der Waals surface area contributed by atoms with Crippen LogP contribution in [0, 0.1) is 0 Å². The lowest BCUT2D eigenvalue weighted by atomic mass is 9.95. The summed E-state index contributed by atoms with van der Waals surface area (Å²) in [6, 6.07) is 0.170. The third-order valence-corrected chi connectivity index (χ3v) is 3.90. The van der Waals surface area contributed by atoms with Crippen LogP contribution in [0.2, 0.25) is 0 Å². The maximum absolute atomic E-state index is 12.8. The fourth-order valence-corrected chi connectivity index (χ4v) is 3.10. The minimum Gasteiger partial charge on any atom is -0.377 e. The Hall–Kier alpha value is -0.150. The molecule has 2 nitrogen and oxygen atoms in total. The molecule has 0 aliphatic carbocycles. The lowest BCUT2D eigenvalue weighted by Crippen LogP contribution is -2.46. The molecule has 0 radical (unpaired) electrons. The molecular formula is C12H22FNO. The fraction of sp³-hybridized carbons (Fsp3) is 1.00. The van der Waals surface area contributed by atoms with Gasteiger partial charge in [-0.25, -0.2) is 4.39 Å². The van der Waals surface area contributed by atoms with E-state index in [0.29, 0.717) is 0 Å². The summed E-state index contributed by atoms with van der Waals surface area (Å²) in [5, 5.41) is 0. The highest BCUT2D eigenvalue weighted by Crippen LogP contribution is 2.42. The van der Waals surface area contributed by atoms with Crippen molar-refractivity contribution in [2.75, 3.05) is 19.8 Å². The van der Waals surface area contributed by atoms with Crippen molar-refractivity contribution < 1.29 is 9.13 Å². The first-order valence-corrected chi connectivity index (χ1v) is 6.12. The Morgan fingerprint density at radius 1 is 1.47 bits per heavy atom. The molecule has 2 fully saturated rings. The zero-order chi connectivity index (χ0) is 10.9. The minimum atomic E-state index is -0.191. The van der Waals surface area contributed by atoms with Gasteiger partial charge in [-0.15, -0.1) is 0 Å². The van der Waals surface area contributed by atoms with Crippen molar-refractivity contribution in [2.45, 2.75) is 57.2 Å². The third kappa shape index (κ3) is 2.04. The standard InChI is InChI=1S/C12H22FNO/c1-10(2)15-9-12-5-3-7-14(12)11(8-13)4-6-12/h10-11H,3-9H2,1-2H3/t11-,12-/m1/s1. The number of hydrogen-bond acceptors (Lipinski definition) is 2. The van der Waals surface area contributed by atoms with Crippen molar-refractivity contribution in [3.05, 3.63) is 0 Å². The number of halogens is 1. The zero-order valence-corrected chi connectivity index (χ0v) is 9.84. The minimum absolute atomic E-state index is 0.170. The van der Waals surface area contributed by atoms with Gasteiger partial charge in [-0.2, -0.15) is 0 Å². The van der Waals surface area contributed by atoms with Crippen molar-refractivity contribution in [1.29, 1.82) is 0 Å². The molecule has 2 aliphatic rings. The Morgan fingerprint density at radius 2 is 2.27 bits per heavy atom. The van der Waals surface area contributed by atoms with Crippen molar-refractivity contribution in [2.24, 2.45) is 0 Å². The molecule has 15 heavy (non-hydrogen) atoms. The van der Waals surface area contributed by atoms with Gasteiger partial charge in [-0.05, 0) is 46.1 Å². The van der Waals surface area contributed by atoms with E-state index in [2.05, 4.69) is 18.7 Å². The number of rotatable bonds is 4. The summed E-state index contributed by atoms with van der Waals surface area (Å²) < 4.78 is 18.6. The molecule has 0 saturated carbocycles. The fourth-order valence-electron chi connectivity index (χ4n) is 3.10. The van der Waals surface area contributed by atoms with Crippen LogP contribution in [0.15, 0.2) is 0 Å². The highest BCUT2D eigenvalue weighted by atomic mass is 19.1. The topological polar surface area (TPSA) is 12.5 Å². The first-order valence-electron chi connectivity index (χ1n) is 6.12. The van der Waals surface area contributed by atoms with Crippen LogP contribution in [0.5, 0.6) is 0 Å². The largest absolute Gasteiger partial charge is 0.377 e. The molecule has 3 heteroatoms. The van der Waals surface area contributed by atoms with Crippen molar-refractivity contribution in [3.63, 3.8) is 0 Å². The van der Waals surface area contributed by atoms with E-state index in [9.17, 15) is 4.39 Å². The first-order chi connectivity index (χ1) is 7.18. The molecule has 0 amide bonds. The molecule has 0 bridgehead atoms. The molecule has 0 N–H and O–H groups in total. The molecule has 0 aromatic carbocycles. The second-order valence-corrected chi connectivity index (χ2v) is 5.23. The summed E-state index contributed by atoms with van der Waals surface area (Å²) in [5.41, 5.74) is 0.182. The molecule has 88 valence electrons. The summed E-state index contributed by atoms with van der Waals surface area (Å²) in [5.74, 6) is 0. The molecular weight excluding hydrogens is 193 g/mol. The predicted octanol–water partition coefficient (Wildman–Crippen LogP) is 2.38. The van der Waals surface area contributed by atoms with E-state index in [-0.39, 0.29) is 24.4 Å². The van der Waals surface area contributed by atoms with Crippen LogP contribution >= 0.6 is 0 Å². The van der Waals surface area contributed by atoms with Crippen LogP contribution in [0.1, 0.15) is 39.5 Å². The molecule has 2 atom stereocenters. The molecule has 0 aromatic rings. The molecule has 2 aliphatic heterocycles. The van der Waals surface area contributed by atoms with Gasteiger partial charge in [0.1, 0.15) is 6.67 Å². The summed E-state index contributed by atoms with van der Waals surface area (Å²) >= 11 is 0. The maximum Gasteiger partial charge on any atom is 0.105 e. The van der Waals surface area contributed by atoms with Gasteiger partial charge in [0.2, 0.25) is 0 Å². The van der Waals surface area contributed by atoms with E-state index in [4.69, 9.17) is 4.74 Å². The molecule has 0 spiro atoms. The smallest absolute Gasteiger partial charge is 0.105 e. The van der Waals surface area contributed by atoms with Gasteiger partial charge >= 0.3 is 0 Å². The van der Waals surface area contributed by atoms with Crippen LogP contribution in [0.25, 0.3) is 0 Å². The zero-order valence-electron chi connectivity index (χ0n) is 9.84. The third-order valence-electron chi connectivity index (χ3n) is 3.90. The van der Waals surface area contributed by atoms with E-state index >= 15 is 0 Å². The van der Waals surface area contributed by atoms with E-state index in [1.165, 1.54) is 12.8 Å².